The molecule has 1 unspecified atom stereocenters. The van der Waals surface area contributed by atoms with Crippen LogP contribution in [0.2, 0.25) is 0 Å². The number of nitrogens with zero attached hydrogens (tertiary/aromatic N) is 1. The lowest BCUT2D eigenvalue weighted by atomic mass is 10.1. The standard InChI is InChI=1S/C15H24N2O2/c1-2-19-14-6-3-5-13(11-14)15(12-18)17-9-4-7-16-8-10-17/h3,5-6,11,15-16,18H,2,4,7-10,12H2,1H3. The van der Waals surface area contributed by atoms with Gasteiger partial charge in [0.15, 0.2) is 0 Å². The van der Waals surface area contributed by atoms with Gasteiger partial charge in [0.25, 0.3) is 0 Å². The van der Waals surface area contributed by atoms with Gasteiger partial charge in [-0.25, -0.2) is 0 Å². The van der Waals surface area contributed by atoms with Crippen molar-refractivity contribution in [3.05, 3.63) is 29.8 Å². The van der Waals surface area contributed by atoms with Crippen molar-refractivity contribution in [1.29, 1.82) is 0 Å². The number of hydrogen-bond acceptors (Lipinski definition) is 4. The van der Waals surface area contributed by atoms with E-state index in [2.05, 4.69) is 16.3 Å². The minimum atomic E-state index is 0.0697. The molecule has 1 fully saturated rings. The third kappa shape index (κ3) is 3.93. The lowest BCUT2D eigenvalue weighted by Crippen LogP contribution is -2.34. The average Bonchev–Trinajstić information content (AvgIpc) is 2.70. The number of aliphatic hydroxyl groups is 1. The SMILES string of the molecule is CCOc1cccc(C(CO)N2CCCNCC2)c1. The van der Waals surface area contributed by atoms with E-state index in [4.69, 9.17) is 4.74 Å². The molecule has 1 heterocycles. The summed E-state index contributed by atoms with van der Waals surface area (Å²) in [6.07, 6.45) is 1.13. The van der Waals surface area contributed by atoms with Gasteiger partial charge in [-0.15, -0.1) is 0 Å². The first kappa shape index (κ1) is 14.3. The Bertz CT molecular complexity index is 376. The first-order chi connectivity index (χ1) is 9.35. The van der Waals surface area contributed by atoms with Crippen LogP contribution in [-0.2, 0) is 0 Å². The molecule has 1 saturated heterocycles. The van der Waals surface area contributed by atoms with Gasteiger partial charge in [-0.3, -0.25) is 4.90 Å². The number of nitrogens with one attached hydrogen (secondary N) is 1. The number of ether oxygens (including phenoxy) is 1. The molecule has 0 radical (unpaired) electrons. The van der Waals surface area contributed by atoms with Gasteiger partial charge in [-0.1, -0.05) is 12.1 Å². The minimum Gasteiger partial charge on any atom is -0.494 e. The highest BCUT2D eigenvalue weighted by molar-refractivity contribution is 5.30. The van der Waals surface area contributed by atoms with E-state index in [1.54, 1.807) is 0 Å². The second-order valence-electron chi connectivity index (χ2n) is 4.84. The lowest BCUT2D eigenvalue weighted by molar-refractivity contribution is 0.129. The number of aliphatic hydroxyl groups excluding tert-OH is 1. The van der Waals surface area contributed by atoms with E-state index in [-0.39, 0.29) is 12.6 Å². The molecule has 4 heteroatoms. The highest BCUT2D eigenvalue weighted by Gasteiger charge is 2.20. The Morgan fingerprint density at radius 1 is 1.37 bits per heavy atom. The van der Waals surface area contributed by atoms with E-state index in [0.29, 0.717) is 6.61 Å². The normalized spacial score (nSPS) is 18.8. The summed E-state index contributed by atoms with van der Waals surface area (Å²) in [7, 11) is 0. The van der Waals surface area contributed by atoms with Crippen LogP contribution in [0.1, 0.15) is 24.9 Å². The fourth-order valence-corrected chi connectivity index (χ4v) is 2.59. The molecule has 1 aliphatic heterocycles. The van der Waals surface area contributed by atoms with Crippen molar-refractivity contribution in [2.75, 3.05) is 39.4 Å². The number of hydrogen-bond donors (Lipinski definition) is 2. The van der Waals surface area contributed by atoms with Crippen LogP contribution in [0.15, 0.2) is 24.3 Å². The Labute approximate surface area is 115 Å². The van der Waals surface area contributed by atoms with Crippen molar-refractivity contribution in [3.63, 3.8) is 0 Å². The molecule has 19 heavy (non-hydrogen) atoms. The Kier molecular flexibility index (Phi) is 5.63. The summed E-state index contributed by atoms with van der Waals surface area (Å²) in [5, 5.41) is 13.1. The van der Waals surface area contributed by atoms with Crippen molar-refractivity contribution in [1.82, 2.24) is 10.2 Å². The molecule has 1 aliphatic rings. The summed E-state index contributed by atoms with van der Waals surface area (Å²) in [5.41, 5.74) is 1.13. The first-order valence-corrected chi connectivity index (χ1v) is 7.13. The lowest BCUT2D eigenvalue weighted by Gasteiger charge is -2.29. The molecule has 106 valence electrons. The van der Waals surface area contributed by atoms with Crippen molar-refractivity contribution in [2.24, 2.45) is 0 Å². The molecule has 0 amide bonds. The van der Waals surface area contributed by atoms with Crippen LogP contribution in [0.3, 0.4) is 0 Å². The minimum absolute atomic E-state index is 0.0697. The smallest absolute Gasteiger partial charge is 0.119 e. The van der Waals surface area contributed by atoms with Crippen molar-refractivity contribution >= 4 is 0 Å². The molecule has 1 aromatic rings. The van der Waals surface area contributed by atoms with Crippen LogP contribution >= 0.6 is 0 Å². The molecule has 4 nitrogen and oxygen atoms in total. The number of rotatable bonds is 5. The number of benzene rings is 1. The highest BCUT2D eigenvalue weighted by Crippen LogP contribution is 2.24. The fourth-order valence-electron chi connectivity index (χ4n) is 2.59. The summed E-state index contributed by atoms with van der Waals surface area (Å²) >= 11 is 0. The molecule has 1 atom stereocenters. The van der Waals surface area contributed by atoms with Crippen LogP contribution in [0.5, 0.6) is 5.75 Å². The van der Waals surface area contributed by atoms with Gasteiger partial charge >= 0.3 is 0 Å². The van der Waals surface area contributed by atoms with Crippen molar-refractivity contribution in [2.45, 2.75) is 19.4 Å². The zero-order valence-corrected chi connectivity index (χ0v) is 11.6. The summed E-state index contributed by atoms with van der Waals surface area (Å²) in [6.45, 7) is 6.85. The monoisotopic (exact) mass is 264 g/mol. The second kappa shape index (κ2) is 7.48. The van der Waals surface area contributed by atoms with Gasteiger partial charge in [0.05, 0.1) is 19.3 Å². The van der Waals surface area contributed by atoms with E-state index < -0.39 is 0 Å². The predicted octanol–water partition coefficient (Wildman–Crippen LogP) is 1.41. The third-order valence-corrected chi connectivity index (χ3v) is 3.54. The highest BCUT2D eigenvalue weighted by atomic mass is 16.5. The van der Waals surface area contributed by atoms with E-state index in [9.17, 15) is 5.11 Å². The molecule has 0 aromatic heterocycles. The van der Waals surface area contributed by atoms with Crippen LogP contribution in [0.4, 0.5) is 0 Å². The fraction of sp³-hybridized carbons (Fsp3) is 0.600. The first-order valence-electron chi connectivity index (χ1n) is 7.13. The maximum atomic E-state index is 9.74. The summed E-state index contributed by atoms with van der Waals surface area (Å²) < 4.78 is 5.54. The Morgan fingerprint density at radius 3 is 3.05 bits per heavy atom. The van der Waals surface area contributed by atoms with Crippen molar-refractivity contribution in [3.8, 4) is 5.75 Å². The maximum Gasteiger partial charge on any atom is 0.119 e. The topological polar surface area (TPSA) is 44.7 Å². The molecule has 1 aromatic carbocycles. The van der Waals surface area contributed by atoms with Gasteiger partial charge in [-0.05, 0) is 37.6 Å². The van der Waals surface area contributed by atoms with Gasteiger partial charge in [0.1, 0.15) is 5.75 Å². The Hall–Kier alpha value is -1.10. The van der Waals surface area contributed by atoms with E-state index in [1.807, 2.05) is 25.1 Å². The molecule has 2 rings (SSSR count). The Balaban J connectivity index is 2.13. The molecule has 2 N–H and O–H groups in total. The largest absolute Gasteiger partial charge is 0.494 e. The Morgan fingerprint density at radius 2 is 2.26 bits per heavy atom. The van der Waals surface area contributed by atoms with Crippen LogP contribution in [0.25, 0.3) is 0 Å². The third-order valence-electron chi connectivity index (χ3n) is 3.54. The molecule has 0 aliphatic carbocycles. The molecule has 0 bridgehead atoms. The van der Waals surface area contributed by atoms with Crippen LogP contribution < -0.4 is 10.1 Å². The van der Waals surface area contributed by atoms with E-state index in [1.165, 1.54) is 0 Å². The van der Waals surface area contributed by atoms with Gasteiger partial charge in [0.2, 0.25) is 0 Å². The molecule has 0 saturated carbocycles. The summed E-state index contributed by atoms with van der Waals surface area (Å²) in [5.74, 6) is 0.881. The second-order valence-corrected chi connectivity index (χ2v) is 4.84. The van der Waals surface area contributed by atoms with Gasteiger partial charge in [-0.2, -0.15) is 0 Å². The summed E-state index contributed by atoms with van der Waals surface area (Å²) in [4.78, 5) is 2.35. The quantitative estimate of drug-likeness (QED) is 0.844. The van der Waals surface area contributed by atoms with E-state index >= 15 is 0 Å². The molecular weight excluding hydrogens is 240 g/mol. The van der Waals surface area contributed by atoms with Crippen LogP contribution in [0, 0.1) is 0 Å². The van der Waals surface area contributed by atoms with E-state index in [0.717, 1.165) is 43.9 Å². The van der Waals surface area contributed by atoms with Crippen LogP contribution in [-0.4, -0.2) is 49.4 Å². The zero-order chi connectivity index (χ0) is 13.5. The van der Waals surface area contributed by atoms with Crippen molar-refractivity contribution < 1.29 is 9.84 Å². The molecule has 0 spiro atoms. The predicted molar refractivity (Wildman–Crippen MR) is 76.5 cm³/mol. The molecular formula is C15H24N2O2. The van der Waals surface area contributed by atoms with Gasteiger partial charge < -0.3 is 15.2 Å². The average molecular weight is 264 g/mol. The summed E-state index contributed by atoms with van der Waals surface area (Å²) in [6, 6.07) is 8.15. The van der Waals surface area contributed by atoms with Gasteiger partial charge in [0, 0.05) is 19.6 Å². The zero-order valence-electron chi connectivity index (χ0n) is 11.6. The maximum absolute atomic E-state index is 9.74.